The summed E-state index contributed by atoms with van der Waals surface area (Å²) in [5, 5.41) is 34.2. The number of rotatable bonds is 10. The molecule has 0 aromatic heterocycles. The Morgan fingerprint density at radius 1 is 0.633 bits per heavy atom. The zero-order valence-corrected chi connectivity index (χ0v) is 53.1. The molecule has 0 amide bonds. The fourth-order valence-corrected chi connectivity index (χ4v) is 15.6. The summed E-state index contributed by atoms with van der Waals surface area (Å²) in [4.78, 5) is 56.2. The first-order valence-corrected chi connectivity index (χ1v) is 30.8. The minimum atomic E-state index is -1.17. The molecule has 8 rings (SSSR count). The van der Waals surface area contributed by atoms with Crippen LogP contribution in [0.5, 0.6) is 0 Å². The largest absolute Gasteiger partial charge is 0.458 e. The van der Waals surface area contributed by atoms with E-state index in [4.69, 9.17) is 47.4 Å². The summed E-state index contributed by atoms with van der Waals surface area (Å²) >= 11 is 7.25. The number of quaternary nitrogens is 1. The minimum Gasteiger partial charge on any atom is -0.458 e. The van der Waals surface area contributed by atoms with Gasteiger partial charge in [-0.15, -0.1) is 0 Å². The number of alkyl halides is 2. The number of esters is 2. The van der Waals surface area contributed by atoms with Crippen molar-refractivity contribution in [3.05, 3.63) is 23.3 Å². The van der Waals surface area contributed by atoms with Gasteiger partial charge in [0.25, 0.3) is 0 Å². The third kappa shape index (κ3) is 11.8. The maximum absolute atomic E-state index is 13.8. The number of nitrogens with zero attached hydrogens (tertiary/aromatic N) is 2. The van der Waals surface area contributed by atoms with E-state index in [2.05, 4.69) is 38.8 Å². The molecule has 21 heteroatoms. The molecule has 0 aliphatic carbocycles. The van der Waals surface area contributed by atoms with Crippen LogP contribution in [0.2, 0.25) is 0 Å². The summed E-state index contributed by atoms with van der Waals surface area (Å²) < 4.78 is 64.2. The molecule has 4 unspecified atom stereocenters. The Morgan fingerprint density at radius 3 is 1.37 bits per heavy atom. The van der Waals surface area contributed by atoms with E-state index >= 15 is 0 Å². The lowest BCUT2D eigenvalue weighted by molar-refractivity contribution is -1.09. The quantitative estimate of drug-likeness (QED) is 0.0495. The van der Waals surface area contributed by atoms with Crippen LogP contribution in [-0.2, 0) is 66.5 Å². The molecule has 6 bridgehead atoms. The third-order valence-corrected chi connectivity index (χ3v) is 19.9. The number of fused-ring (bicyclic) bond motifs is 4. The van der Waals surface area contributed by atoms with Crippen LogP contribution in [0, 0.1) is 35.5 Å². The van der Waals surface area contributed by atoms with E-state index in [0.717, 1.165) is 11.1 Å². The number of likely N-dealkylation sites (N-methyl/N-ethyl adjacent to an activating group) is 2. The molecule has 0 saturated carbocycles. The Kier molecular flexibility index (Phi) is 19.3. The minimum absolute atomic E-state index is 0.0986. The molecule has 0 aromatic rings. The molecule has 0 radical (unpaired) electrons. The number of carbonyl (C=O) groups is 4. The van der Waals surface area contributed by atoms with Crippen molar-refractivity contribution in [2.75, 3.05) is 38.9 Å². The Bertz CT molecular complexity index is 2340. The summed E-state index contributed by atoms with van der Waals surface area (Å²) in [6.07, 6.45) is -0.557. The average molecular weight is 1250 g/mol. The van der Waals surface area contributed by atoms with Crippen molar-refractivity contribution in [1.29, 1.82) is 0 Å². The van der Waals surface area contributed by atoms with Crippen LogP contribution in [0.4, 0.5) is 0 Å². The van der Waals surface area contributed by atoms with Crippen LogP contribution < -0.4 is 0 Å². The van der Waals surface area contributed by atoms with Gasteiger partial charge in [0.1, 0.15) is 41.3 Å². The van der Waals surface area contributed by atoms with Gasteiger partial charge in [0.05, 0.1) is 49.7 Å². The number of aliphatic hydroxyl groups excluding tert-OH is 2. The Hall–Kier alpha value is -1.80. The summed E-state index contributed by atoms with van der Waals surface area (Å²) in [7, 11) is 7.02. The van der Waals surface area contributed by atoms with E-state index in [1.54, 1.807) is 41.8 Å². The predicted molar refractivity (Wildman–Crippen MR) is 297 cm³/mol. The first kappa shape index (κ1) is 64.8. The highest BCUT2D eigenvalue weighted by Crippen LogP contribution is 2.59. The number of Topliss-reactive ketones (excluding diaryl/α,β-unsaturated/α-hetero) is 2. The summed E-state index contributed by atoms with van der Waals surface area (Å²) in [6.45, 7) is 26.0. The van der Waals surface area contributed by atoms with Gasteiger partial charge in [-0.3, -0.25) is 19.2 Å². The zero-order chi connectivity index (χ0) is 59.1. The fraction of sp³-hybridized carbons (Fsp3) is 0.862. The number of aliphatic hydroxyl groups is 2. The number of ether oxygens (including phenoxy) is 10. The maximum Gasteiger partial charge on any atom is 0.316 e. The van der Waals surface area contributed by atoms with E-state index < -0.39 is 129 Å². The van der Waals surface area contributed by atoms with Gasteiger partial charge in [0.15, 0.2) is 47.9 Å². The van der Waals surface area contributed by atoms with E-state index in [1.807, 2.05) is 93.5 Å². The molecule has 8 aliphatic heterocycles. The first-order valence-electron chi connectivity index (χ1n) is 28.6. The van der Waals surface area contributed by atoms with Gasteiger partial charge in [-0.05, 0) is 125 Å². The summed E-state index contributed by atoms with van der Waals surface area (Å²) in [5.41, 5.74) is -2.14. The lowest BCUT2D eigenvalue weighted by Gasteiger charge is -2.46. The highest BCUT2D eigenvalue weighted by molar-refractivity contribution is 9.09. The van der Waals surface area contributed by atoms with Gasteiger partial charge in [-0.2, -0.15) is 4.65 Å². The highest BCUT2D eigenvalue weighted by Gasteiger charge is 2.68. The van der Waals surface area contributed by atoms with Crippen LogP contribution in [0.15, 0.2) is 23.3 Å². The molecule has 0 aromatic carbocycles. The Labute approximate surface area is 485 Å². The van der Waals surface area contributed by atoms with Crippen LogP contribution >= 0.6 is 31.9 Å². The predicted octanol–water partition coefficient (Wildman–Crippen LogP) is 7.10. The number of hydrogen-bond donors (Lipinski definition) is 3. The molecular formula is C58H93Br2N2O17+. The molecule has 450 valence electrons. The van der Waals surface area contributed by atoms with Crippen molar-refractivity contribution in [3.63, 3.8) is 0 Å². The second kappa shape index (κ2) is 23.6. The molecule has 8 aliphatic rings. The number of carbonyl (C=O) groups excluding carboxylic acids is 4. The smallest absolute Gasteiger partial charge is 0.316 e. The lowest BCUT2D eigenvalue weighted by atomic mass is 9.79. The normalized spacial score (nSPS) is 48.6. The molecular weight excluding hydrogens is 1160 g/mol. The maximum atomic E-state index is 13.8. The number of halogens is 2. The number of hydrogen-bond acceptors (Lipinski definition) is 18. The van der Waals surface area contributed by atoms with E-state index in [0.29, 0.717) is 49.2 Å². The average Bonchev–Trinajstić information content (AvgIpc) is 4.26. The van der Waals surface area contributed by atoms with Gasteiger partial charge in [-0.1, -0.05) is 73.4 Å². The van der Waals surface area contributed by atoms with Crippen molar-refractivity contribution in [2.45, 2.75) is 243 Å². The first-order chi connectivity index (χ1) is 36.5. The van der Waals surface area contributed by atoms with E-state index in [1.165, 1.54) is 0 Å². The molecule has 3 N–H and O–H groups in total. The molecule has 24 atom stereocenters. The number of cyclic esters (lactones) is 2. The summed E-state index contributed by atoms with van der Waals surface area (Å²) in [6, 6.07) is -0.754. The van der Waals surface area contributed by atoms with Gasteiger partial charge < -0.3 is 62.5 Å². The zero-order valence-electron chi connectivity index (χ0n) is 49.9. The van der Waals surface area contributed by atoms with Crippen LogP contribution in [-0.4, -0.2) is 195 Å². The highest BCUT2D eigenvalue weighted by atomic mass is 79.9. The van der Waals surface area contributed by atoms with Crippen molar-refractivity contribution in [2.24, 2.45) is 35.5 Å². The summed E-state index contributed by atoms with van der Waals surface area (Å²) in [5.74, 6) is -7.94. The molecule has 6 fully saturated rings. The molecule has 19 nitrogen and oxygen atoms in total. The molecule has 6 saturated heterocycles. The molecule has 2 spiro atoms. The van der Waals surface area contributed by atoms with Crippen molar-refractivity contribution >= 4 is 55.4 Å². The number of hydroxylamine groups is 3. The third-order valence-electron chi connectivity index (χ3n) is 18.7. The topological polar surface area (TPSA) is 225 Å². The van der Waals surface area contributed by atoms with Crippen molar-refractivity contribution in [3.8, 4) is 0 Å². The standard InChI is InChI=1S/C29H47BrNO9.C29H46BrNO8/c1-10-21-27(6)13-19(14-30)29(39-27)15(2)12-28(7,40-29)24(17(4)22(32)18(5)25(34)37-21)38-26-23(33)20(31(8,9)35)11-16(3)36-26;1-10-21-27(6)13-19(14-30)29(38-27)15(2)12-28(7,39-29)24(17(4)22(32)18(5)25(34)36-21)37-26-23(33)20(31(8)9)11-16(3)35-26/h13,15-18,20-21,23-24,26,33,35H,10-12,14H2,1-9H3;13,15-18,20-21,23-24,26,33H,10-12,14H2,1-9H3/q+1;/t2*15-,16-,17+,18-,20+,21-,23-,24-,26+,27?,28-,29?/m11/s1. The van der Waals surface area contributed by atoms with E-state index in [-0.39, 0.29) is 41.7 Å². The number of ketones is 2. The van der Waals surface area contributed by atoms with Crippen LogP contribution in [0.1, 0.15) is 135 Å². The lowest BCUT2D eigenvalue weighted by Crippen LogP contribution is -2.63. The molecule has 79 heavy (non-hydrogen) atoms. The Balaban J connectivity index is 0.000000229. The van der Waals surface area contributed by atoms with Gasteiger partial charge in [0, 0.05) is 46.8 Å². The van der Waals surface area contributed by atoms with Crippen LogP contribution in [0.3, 0.4) is 0 Å². The van der Waals surface area contributed by atoms with Crippen LogP contribution in [0.25, 0.3) is 0 Å². The monoisotopic (exact) mass is 1250 g/mol. The SMILES string of the molecule is CC[C@H]1OC(=O)[C@H](C)C(=O)[C@H](C)[C@@H](O[C@@H]2O[C@H](C)C[C@H](N(C)C)[C@H]2O)[C@@]2(C)C[C@@H](C)C3(OC1(C)C=C3CBr)O2.CC[C@H]1OC(=O)[C@H](C)C(=O)[C@H](C)[C@@H](O[C@@H]2O[C@H](C)C[C@H]([N+](C)(C)O)[C@H]2O)[C@@]2(C)C[C@@H](C)C3(OC1(C)C=C3CBr)O2. The van der Waals surface area contributed by atoms with E-state index in [9.17, 15) is 34.6 Å². The van der Waals surface area contributed by atoms with Gasteiger partial charge >= 0.3 is 11.9 Å². The fourth-order valence-electron chi connectivity index (χ4n) is 14.4. The van der Waals surface area contributed by atoms with Gasteiger partial charge in [0.2, 0.25) is 0 Å². The molecule has 8 heterocycles. The van der Waals surface area contributed by atoms with Crippen molar-refractivity contribution < 1.29 is 86.6 Å². The second-order valence-corrected chi connectivity index (χ2v) is 26.9. The van der Waals surface area contributed by atoms with Crippen molar-refractivity contribution in [1.82, 2.24) is 4.90 Å². The second-order valence-electron chi connectivity index (χ2n) is 25.8. The van der Waals surface area contributed by atoms with Gasteiger partial charge in [-0.25, -0.2) is 5.21 Å². The Morgan fingerprint density at radius 2 is 1.01 bits per heavy atom.